The van der Waals surface area contributed by atoms with E-state index in [1.807, 2.05) is 12.1 Å². The van der Waals surface area contributed by atoms with Crippen molar-refractivity contribution in [1.82, 2.24) is 0 Å². The Bertz CT molecular complexity index is 559. The van der Waals surface area contributed by atoms with E-state index in [1.165, 1.54) is 6.08 Å². The minimum absolute atomic E-state index is 0.128. The van der Waals surface area contributed by atoms with Gasteiger partial charge in [-0.15, -0.1) is 0 Å². The third kappa shape index (κ3) is 1.64. The van der Waals surface area contributed by atoms with Crippen molar-refractivity contribution in [1.29, 1.82) is 0 Å². The number of carbonyl (C=O) groups is 1. The molecule has 0 heterocycles. The van der Waals surface area contributed by atoms with Gasteiger partial charge in [-0.1, -0.05) is 30.3 Å². The molecule has 1 atom stereocenters. The zero-order chi connectivity index (χ0) is 10.8. The van der Waals surface area contributed by atoms with Gasteiger partial charge in [-0.2, -0.15) is 8.42 Å². The summed E-state index contributed by atoms with van der Waals surface area (Å²) in [5.41, 5.74) is 1.64. The van der Waals surface area contributed by atoms with Crippen molar-refractivity contribution in [3.63, 3.8) is 0 Å². The molecule has 0 saturated carbocycles. The average molecular weight is 220 g/mol. The van der Waals surface area contributed by atoms with Gasteiger partial charge in [0.15, 0.2) is 0 Å². The number of hydrogen-bond acceptors (Lipinski definition) is 3. The number of hydrogen-bond donors (Lipinski definition) is 0. The average Bonchev–Trinajstić information content (AvgIpc) is 2.27. The molecule has 0 N–H and O–H groups in total. The summed E-state index contributed by atoms with van der Waals surface area (Å²) in [6.45, 7) is 0. The van der Waals surface area contributed by atoms with Crippen molar-refractivity contribution in [3.8, 4) is 0 Å². The fraction of sp³-hybridized carbons (Fsp3) is 0.0909. The molecule has 1 aromatic rings. The topological polar surface area (TPSA) is 51.2 Å². The summed E-state index contributed by atoms with van der Waals surface area (Å²) in [5, 5.41) is 0. The van der Waals surface area contributed by atoms with Crippen LogP contribution in [-0.4, -0.2) is 19.6 Å². The lowest BCUT2D eigenvalue weighted by Gasteiger charge is -2.16. The maximum absolute atomic E-state index is 10.9. The van der Waals surface area contributed by atoms with E-state index in [9.17, 15) is 13.2 Å². The summed E-state index contributed by atoms with van der Waals surface area (Å²) in [5.74, 6) is -0.662. The number of fused-ring (bicyclic) bond motifs is 1. The summed E-state index contributed by atoms with van der Waals surface area (Å²) >= 11 is 0. The minimum Gasteiger partial charge on any atom is -0.302 e. The predicted molar refractivity (Wildman–Crippen MR) is 58.2 cm³/mol. The number of allylic oxidation sites excluding steroid dienone is 1. The van der Waals surface area contributed by atoms with E-state index in [-0.39, 0.29) is 4.86 Å². The fourth-order valence-electron chi connectivity index (χ4n) is 1.67. The van der Waals surface area contributed by atoms with Gasteiger partial charge in [0, 0.05) is 0 Å². The molecule has 15 heavy (non-hydrogen) atoms. The molecule has 1 aromatic carbocycles. The van der Waals surface area contributed by atoms with Crippen LogP contribution in [0, 0.1) is 0 Å². The van der Waals surface area contributed by atoms with Crippen molar-refractivity contribution in [2.24, 2.45) is 0 Å². The lowest BCUT2D eigenvalue weighted by molar-refractivity contribution is -0.107. The molecule has 0 spiro atoms. The molecule has 4 heteroatoms. The van der Waals surface area contributed by atoms with Crippen LogP contribution in [0.4, 0.5) is 0 Å². The fourth-order valence-corrected chi connectivity index (χ4v) is 2.24. The van der Waals surface area contributed by atoms with E-state index < -0.39 is 16.2 Å². The lowest BCUT2D eigenvalue weighted by Crippen LogP contribution is -2.16. The molecular weight excluding hydrogens is 212 g/mol. The first-order valence-electron chi connectivity index (χ1n) is 4.42. The van der Waals surface area contributed by atoms with E-state index in [0.29, 0.717) is 6.29 Å². The third-order valence-corrected chi connectivity index (χ3v) is 3.17. The van der Waals surface area contributed by atoms with Crippen molar-refractivity contribution < 1.29 is 13.2 Å². The van der Waals surface area contributed by atoms with Gasteiger partial charge in [-0.05, 0) is 17.2 Å². The van der Waals surface area contributed by atoms with Crippen molar-refractivity contribution in [3.05, 3.63) is 41.5 Å². The molecular formula is C11H8O3S. The second kappa shape index (κ2) is 3.82. The molecule has 0 amide bonds. The second-order valence-electron chi connectivity index (χ2n) is 3.21. The van der Waals surface area contributed by atoms with Crippen molar-refractivity contribution >= 4 is 27.5 Å². The Kier molecular flexibility index (Phi) is 2.51. The number of carbonyl (C=O) groups excluding carboxylic acids is 1. The van der Waals surface area contributed by atoms with Crippen molar-refractivity contribution in [2.75, 3.05) is 0 Å². The van der Waals surface area contributed by atoms with Crippen LogP contribution in [0.2, 0.25) is 0 Å². The van der Waals surface area contributed by atoms with E-state index in [4.69, 9.17) is 0 Å². The molecule has 0 aromatic heterocycles. The molecule has 0 fully saturated rings. The molecule has 0 bridgehead atoms. The second-order valence-corrected chi connectivity index (χ2v) is 4.15. The first-order chi connectivity index (χ1) is 7.24. The van der Waals surface area contributed by atoms with Gasteiger partial charge >= 0.3 is 0 Å². The Labute approximate surface area is 88.6 Å². The highest BCUT2D eigenvalue weighted by Gasteiger charge is 2.22. The molecule has 3 nitrogen and oxygen atoms in total. The largest absolute Gasteiger partial charge is 0.302 e. The van der Waals surface area contributed by atoms with Crippen LogP contribution in [-0.2, 0) is 15.1 Å². The maximum Gasteiger partial charge on any atom is 0.218 e. The number of aldehydes is 1. The van der Waals surface area contributed by atoms with Gasteiger partial charge < -0.3 is 4.79 Å². The normalized spacial score (nSPS) is 18.4. The molecule has 1 aliphatic carbocycles. The predicted octanol–water partition coefficient (Wildman–Crippen LogP) is 1.05. The third-order valence-electron chi connectivity index (χ3n) is 2.39. The summed E-state index contributed by atoms with van der Waals surface area (Å²) in [6.07, 6.45) is 3.85. The maximum atomic E-state index is 10.9. The first kappa shape index (κ1) is 9.86. The highest BCUT2D eigenvalue weighted by molar-refractivity contribution is 7.73. The molecule has 2 rings (SSSR count). The zero-order valence-corrected chi connectivity index (χ0v) is 8.57. The van der Waals surface area contributed by atoms with E-state index in [2.05, 4.69) is 0 Å². The zero-order valence-electron chi connectivity index (χ0n) is 7.75. The minimum atomic E-state index is -2.34. The summed E-state index contributed by atoms with van der Waals surface area (Å²) in [6, 6.07) is 7.27. The Morgan fingerprint density at radius 2 is 1.87 bits per heavy atom. The number of benzene rings is 1. The molecule has 76 valence electrons. The van der Waals surface area contributed by atoms with Gasteiger partial charge in [-0.25, -0.2) is 0 Å². The molecule has 1 unspecified atom stereocenters. The standard InChI is InChI=1S/C11H8O3S/c12-7-10-9-4-2-1-3-8(9)5-6-11(10)15(13)14/h1-7,10H. The van der Waals surface area contributed by atoms with E-state index in [1.54, 1.807) is 18.2 Å². The van der Waals surface area contributed by atoms with Crippen LogP contribution in [0.25, 0.3) is 6.08 Å². The van der Waals surface area contributed by atoms with Crippen LogP contribution in [0.15, 0.2) is 30.3 Å². The van der Waals surface area contributed by atoms with Crippen LogP contribution in [0.5, 0.6) is 0 Å². The summed E-state index contributed by atoms with van der Waals surface area (Å²) in [7, 11) is -2.34. The first-order valence-corrected chi connectivity index (χ1v) is 5.50. The molecule has 0 aliphatic heterocycles. The van der Waals surface area contributed by atoms with Crippen LogP contribution >= 0.6 is 0 Å². The van der Waals surface area contributed by atoms with Crippen LogP contribution in [0.3, 0.4) is 0 Å². The summed E-state index contributed by atoms with van der Waals surface area (Å²) in [4.78, 5) is 11.0. The van der Waals surface area contributed by atoms with Crippen LogP contribution < -0.4 is 0 Å². The highest BCUT2D eigenvalue weighted by atomic mass is 32.2. The summed E-state index contributed by atoms with van der Waals surface area (Å²) < 4.78 is 21.8. The van der Waals surface area contributed by atoms with Gasteiger partial charge in [-0.3, -0.25) is 0 Å². The molecule has 1 aliphatic rings. The van der Waals surface area contributed by atoms with Gasteiger partial charge in [0.05, 0.1) is 10.8 Å². The number of rotatable bonds is 1. The van der Waals surface area contributed by atoms with Gasteiger partial charge in [0.1, 0.15) is 6.29 Å². The monoisotopic (exact) mass is 220 g/mol. The molecule has 0 radical (unpaired) electrons. The van der Waals surface area contributed by atoms with E-state index in [0.717, 1.165) is 11.1 Å². The Hall–Kier alpha value is -1.68. The lowest BCUT2D eigenvalue weighted by atomic mass is 9.88. The SMILES string of the molecule is O=CC1C(=S(=O)=O)C=Cc2ccccc21. The van der Waals surface area contributed by atoms with Gasteiger partial charge in [0.25, 0.3) is 0 Å². The Morgan fingerprint density at radius 3 is 2.53 bits per heavy atom. The van der Waals surface area contributed by atoms with Crippen LogP contribution in [0.1, 0.15) is 17.0 Å². The Morgan fingerprint density at radius 1 is 1.13 bits per heavy atom. The van der Waals surface area contributed by atoms with E-state index >= 15 is 0 Å². The van der Waals surface area contributed by atoms with Crippen molar-refractivity contribution in [2.45, 2.75) is 5.92 Å². The Balaban J connectivity index is 2.71. The smallest absolute Gasteiger partial charge is 0.218 e. The molecule has 0 saturated heterocycles. The van der Waals surface area contributed by atoms with Gasteiger partial charge in [0.2, 0.25) is 10.3 Å². The quantitative estimate of drug-likeness (QED) is 0.525. The highest BCUT2D eigenvalue weighted by Crippen LogP contribution is 2.25.